The van der Waals surface area contributed by atoms with Crippen molar-refractivity contribution in [1.82, 2.24) is 14.8 Å². The normalized spacial score (nSPS) is 11.8. The molecule has 0 aliphatic heterocycles. The third-order valence-electron chi connectivity index (χ3n) is 5.75. The minimum absolute atomic E-state index is 0.0866. The number of carboxylic acids is 1. The van der Waals surface area contributed by atoms with Crippen molar-refractivity contribution in [3.8, 4) is 11.1 Å². The van der Waals surface area contributed by atoms with Gasteiger partial charge in [0.15, 0.2) is 0 Å². The summed E-state index contributed by atoms with van der Waals surface area (Å²) in [6.45, 7) is 4.37. The summed E-state index contributed by atoms with van der Waals surface area (Å²) in [6, 6.07) is 20.1. The summed E-state index contributed by atoms with van der Waals surface area (Å²) < 4.78 is 1.75. The number of carboxylic acid groups (broad SMARTS) is 1. The second-order valence-electron chi connectivity index (χ2n) is 8.08. The fourth-order valence-electron chi connectivity index (χ4n) is 4.04. The summed E-state index contributed by atoms with van der Waals surface area (Å²) in [4.78, 5) is 24.3. The van der Waals surface area contributed by atoms with Crippen molar-refractivity contribution in [2.24, 2.45) is 0 Å². The fourth-order valence-corrected chi connectivity index (χ4v) is 4.04. The maximum atomic E-state index is 13.2. The third-order valence-corrected chi connectivity index (χ3v) is 5.75. The van der Waals surface area contributed by atoms with E-state index >= 15 is 0 Å². The zero-order chi connectivity index (χ0) is 23.4. The molecule has 3 N–H and O–H groups in total. The van der Waals surface area contributed by atoms with E-state index in [4.69, 9.17) is 5.11 Å². The number of nitrogens with one attached hydrogen (secondary N) is 2. The largest absolute Gasteiger partial charge is 0.478 e. The van der Waals surface area contributed by atoms with Gasteiger partial charge in [0.2, 0.25) is 0 Å². The summed E-state index contributed by atoms with van der Waals surface area (Å²) in [5, 5.41) is 19.7. The molecule has 4 rings (SSSR count). The highest BCUT2D eigenvalue weighted by molar-refractivity contribution is 5.88. The lowest BCUT2D eigenvalue weighted by Crippen LogP contribution is -2.30. The second kappa shape index (κ2) is 9.56. The molecule has 168 valence electrons. The van der Waals surface area contributed by atoms with E-state index in [1.165, 1.54) is 0 Å². The van der Waals surface area contributed by atoms with Gasteiger partial charge in [-0.25, -0.2) is 4.79 Å². The summed E-state index contributed by atoms with van der Waals surface area (Å²) in [6.07, 6.45) is 2.51. The minimum atomic E-state index is -0.960. The van der Waals surface area contributed by atoms with E-state index < -0.39 is 5.97 Å². The smallest absolute Gasteiger partial charge is 0.335 e. The van der Waals surface area contributed by atoms with Crippen molar-refractivity contribution in [1.29, 1.82) is 0 Å². The monoisotopic (exact) mass is 442 g/mol. The Balaban J connectivity index is 1.61. The zero-order valence-electron chi connectivity index (χ0n) is 18.6. The Morgan fingerprint density at radius 3 is 2.42 bits per heavy atom. The highest BCUT2D eigenvalue weighted by Crippen LogP contribution is 2.24. The Morgan fingerprint density at radius 2 is 1.82 bits per heavy atom. The lowest BCUT2D eigenvalue weighted by atomic mass is 10.0. The van der Waals surface area contributed by atoms with Crippen LogP contribution >= 0.6 is 0 Å². The summed E-state index contributed by atoms with van der Waals surface area (Å²) in [7, 11) is 0. The first-order valence-corrected chi connectivity index (χ1v) is 10.8. The Bertz CT molecular complexity index is 1290. The highest BCUT2D eigenvalue weighted by atomic mass is 16.4. The maximum Gasteiger partial charge on any atom is 0.335 e. The van der Waals surface area contributed by atoms with Crippen LogP contribution in [0.3, 0.4) is 0 Å². The van der Waals surface area contributed by atoms with Crippen molar-refractivity contribution in [2.45, 2.75) is 26.3 Å². The number of aromatic amines is 1. The number of aryl methyl sites for hydroxylation is 2. The van der Waals surface area contributed by atoms with E-state index in [2.05, 4.69) is 15.5 Å². The van der Waals surface area contributed by atoms with Gasteiger partial charge in [0.1, 0.15) is 0 Å². The lowest BCUT2D eigenvalue weighted by molar-refractivity contribution is 0.0697. The minimum Gasteiger partial charge on any atom is -0.478 e. The van der Waals surface area contributed by atoms with Crippen LogP contribution in [-0.2, 0) is 6.42 Å². The fraction of sp³-hybridized carbons (Fsp3) is 0.192. The molecule has 0 aliphatic rings. The van der Waals surface area contributed by atoms with Gasteiger partial charge in [-0.2, -0.15) is 5.10 Å². The molecule has 2 heterocycles. The second-order valence-corrected chi connectivity index (χ2v) is 8.08. The van der Waals surface area contributed by atoms with Gasteiger partial charge in [0.25, 0.3) is 5.56 Å². The van der Waals surface area contributed by atoms with Crippen molar-refractivity contribution >= 4 is 11.7 Å². The van der Waals surface area contributed by atoms with Crippen LogP contribution in [0.25, 0.3) is 11.1 Å². The van der Waals surface area contributed by atoms with E-state index in [-0.39, 0.29) is 17.2 Å². The average Bonchev–Trinajstić information content (AvgIpc) is 3.15. The first-order chi connectivity index (χ1) is 15.9. The molecule has 0 amide bonds. The number of aromatic carboxylic acids is 1. The Labute approximate surface area is 191 Å². The number of anilines is 1. The summed E-state index contributed by atoms with van der Waals surface area (Å²) in [5.74, 6) is -0.960. The molecular weight excluding hydrogens is 416 g/mol. The standard InChI is InChI=1S/C26H26N4O3/c1-17-25(18(2)29-28-17)21-12-13-30(24(31)15-21)23(14-19-6-4-3-5-7-19)16-27-22-10-8-20(9-11-22)26(32)33/h3-13,15,23,27H,14,16H2,1-2H3,(H,28,29)(H,32,33). The van der Waals surface area contributed by atoms with Gasteiger partial charge in [-0.1, -0.05) is 30.3 Å². The average molecular weight is 443 g/mol. The number of nitrogens with zero attached hydrogens (tertiary/aromatic N) is 2. The van der Waals surface area contributed by atoms with Crippen molar-refractivity contribution < 1.29 is 9.90 Å². The Hall–Kier alpha value is -4.13. The Morgan fingerprint density at radius 1 is 1.09 bits per heavy atom. The van der Waals surface area contributed by atoms with Crippen LogP contribution in [0, 0.1) is 13.8 Å². The van der Waals surface area contributed by atoms with Gasteiger partial charge in [0.05, 0.1) is 17.3 Å². The molecule has 2 aromatic heterocycles. The predicted molar refractivity (Wildman–Crippen MR) is 129 cm³/mol. The third kappa shape index (κ3) is 5.03. The van der Waals surface area contributed by atoms with Gasteiger partial charge >= 0.3 is 5.97 Å². The van der Waals surface area contributed by atoms with Gasteiger partial charge in [-0.05, 0) is 61.7 Å². The lowest BCUT2D eigenvalue weighted by Gasteiger charge is -2.22. The number of H-pyrrole nitrogens is 1. The molecule has 0 radical (unpaired) electrons. The summed E-state index contributed by atoms with van der Waals surface area (Å²) >= 11 is 0. The molecule has 2 aromatic carbocycles. The molecule has 4 aromatic rings. The molecule has 33 heavy (non-hydrogen) atoms. The van der Waals surface area contributed by atoms with Crippen LogP contribution in [0.2, 0.25) is 0 Å². The number of pyridine rings is 1. The van der Waals surface area contributed by atoms with Crippen LogP contribution < -0.4 is 10.9 Å². The zero-order valence-corrected chi connectivity index (χ0v) is 18.6. The summed E-state index contributed by atoms with van der Waals surface area (Å²) in [5.41, 5.74) is 5.66. The van der Waals surface area contributed by atoms with Gasteiger partial charge in [-0.3, -0.25) is 9.89 Å². The van der Waals surface area contributed by atoms with Crippen molar-refractivity contribution in [3.63, 3.8) is 0 Å². The van der Waals surface area contributed by atoms with E-state index in [1.54, 1.807) is 34.9 Å². The maximum absolute atomic E-state index is 13.2. The van der Waals surface area contributed by atoms with Crippen LogP contribution in [0.15, 0.2) is 77.7 Å². The molecule has 0 fully saturated rings. The Kier molecular flexibility index (Phi) is 6.40. The van der Waals surface area contributed by atoms with E-state index in [0.717, 1.165) is 33.8 Å². The highest BCUT2D eigenvalue weighted by Gasteiger charge is 2.16. The molecule has 0 saturated heterocycles. The van der Waals surface area contributed by atoms with Crippen LogP contribution in [-0.4, -0.2) is 32.4 Å². The van der Waals surface area contributed by atoms with Gasteiger partial charge in [-0.15, -0.1) is 0 Å². The number of rotatable bonds is 8. The molecule has 0 aliphatic carbocycles. The van der Waals surface area contributed by atoms with Gasteiger partial charge < -0.3 is 15.0 Å². The first kappa shape index (κ1) is 22.1. The topological polar surface area (TPSA) is 100 Å². The van der Waals surface area contributed by atoms with Crippen LogP contribution in [0.1, 0.15) is 33.4 Å². The SMILES string of the molecule is Cc1n[nH]c(C)c1-c1ccn(C(CNc2ccc(C(=O)O)cc2)Cc2ccccc2)c(=O)c1. The van der Waals surface area contributed by atoms with E-state index in [1.807, 2.05) is 56.4 Å². The molecule has 1 unspecified atom stereocenters. The number of aromatic nitrogens is 3. The number of hydrogen-bond donors (Lipinski definition) is 3. The van der Waals surface area contributed by atoms with Crippen molar-refractivity contribution in [3.05, 3.63) is 106 Å². The predicted octanol–water partition coefficient (Wildman–Crippen LogP) is 4.45. The van der Waals surface area contributed by atoms with Crippen molar-refractivity contribution in [2.75, 3.05) is 11.9 Å². The molecule has 0 bridgehead atoms. The number of benzene rings is 2. The number of hydrogen-bond acceptors (Lipinski definition) is 4. The molecule has 7 heteroatoms. The molecule has 0 spiro atoms. The van der Waals surface area contributed by atoms with Gasteiger partial charge in [0, 0.05) is 35.8 Å². The quantitative estimate of drug-likeness (QED) is 0.374. The number of carbonyl (C=O) groups is 1. The molecule has 1 atom stereocenters. The molecule has 0 saturated carbocycles. The van der Waals surface area contributed by atoms with E-state index in [9.17, 15) is 9.59 Å². The van der Waals surface area contributed by atoms with Crippen LogP contribution in [0.4, 0.5) is 5.69 Å². The molecular formula is C26H26N4O3. The molecule has 7 nitrogen and oxygen atoms in total. The first-order valence-electron chi connectivity index (χ1n) is 10.8. The van der Waals surface area contributed by atoms with Crippen LogP contribution in [0.5, 0.6) is 0 Å². The van der Waals surface area contributed by atoms with E-state index in [0.29, 0.717) is 13.0 Å².